The Morgan fingerprint density at radius 3 is 2.58 bits per heavy atom. The fourth-order valence-corrected chi connectivity index (χ4v) is 5.46. The van der Waals surface area contributed by atoms with Crippen LogP contribution in [0.25, 0.3) is 33.2 Å². The molecule has 0 amide bonds. The molecule has 2 N–H and O–H groups in total. The molecule has 0 bridgehead atoms. The van der Waals surface area contributed by atoms with E-state index in [1.807, 2.05) is 24.3 Å². The van der Waals surface area contributed by atoms with Gasteiger partial charge in [-0.1, -0.05) is 48.5 Å². The summed E-state index contributed by atoms with van der Waals surface area (Å²) in [4.78, 5) is 39.6. The summed E-state index contributed by atoms with van der Waals surface area (Å²) in [7, 11) is 1.24. The number of fused-ring (bicyclic) bond motifs is 1. The van der Waals surface area contributed by atoms with Gasteiger partial charge in [0.2, 0.25) is 0 Å². The molecule has 0 saturated carbocycles. The number of aryl methyl sites for hydroxylation is 2. The number of para-hydroxylation sites is 1. The van der Waals surface area contributed by atoms with Crippen LogP contribution in [0, 0.1) is 0 Å². The third kappa shape index (κ3) is 3.64. The lowest BCUT2D eigenvalue weighted by atomic mass is 9.86. The predicted molar refractivity (Wildman–Crippen MR) is 142 cm³/mol. The van der Waals surface area contributed by atoms with Gasteiger partial charge < -0.3 is 23.9 Å². The molecule has 1 atom stereocenters. The van der Waals surface area contributed by atoms with Crippen molar-refractivity contribution in [2.75, 3.05) is 7.11 Å². The maximum Gasteiger partial charge on any atom is 0.306 e. The Bertz CT molecular complexity index is 1870. The number of hydrogen-bond acceptors (Lipinski definition) is 7. The number of benzene rings is 3. The zero-order chi connectivity index (χ0) is 26.6. The fourth-order valence-electron chi connectivity index (χ4n) is 5.46. The van der Waals surface area contributed by atoms with Gasteiger partial charge in [-0.3, -0.25) is 14.4 Å². The highest BCUT2D eigenvalue weighted by molar-refractivity contribution is 5.91. The molecule has 0 radical (unpaired) electrons. The van der Waals surface area contributed by atoms with Crippen LogP contribution in [-0.4, -0.2) is 27.9 Å². The van der Waals surface area contributed by atoms with Gasteiger partial charge in [0.15, 0.2) is 5.43 Å². The van der Waals surface area contributed by atoms with Crippen molar-refractivity contribution in [3.05, 3.63) is 104 Å². The fraction of sp³-hybridized carbons (Fsp3) is 0.167. The highest BCUT2D eigenvalue weighted by atomic mass is 16.5. The largest absolute Gasteiger partial charge is 0.507 e. The zero-order valence-corrected chi connectivity index (χ0v) is 20.4. The number of phenolic OH excluding ortho intramolecular Hbond substituents is 2. The van der Waals surface area contributed by atoms with E-state index in [2.05, 4.69) is 0 Å². The number of hydrogen-bond donors (Lipinski definition) is 2. The van der Waals surface area contributed by atoms with Gasteiger partial charge >= 0.3 is 5.97 Å². The van der Waals surface area contributed by atoms with Gasteiger partial charge in [0.25, 0.3) is 5.56 Å². The molecule has 1 unspecified atom stereocenters. The van der Waals surface area contributed by atoms with Crippen LogP contribution in [0.2, 0.25) is 0 Å². The Morgan fingerprint density at radius 2 is 1.82 bits per heavy atom. The Hall–Kier alpha value is -4.85. The average Bonchev–Trinajstić information content (AvgIpc) is 3.36. The summed E-state index contributed by atoms with van der Waals surface area (Å²) in [5.41, 5.74) is 1.88. The summed E-state index contributed by atoms with van der Waals surface area (Å²) < 4.78 is 12.8. The normalized spacial score (nSPS) is 13.2. The molecule has 0 saturated heterocycles. The number of phenols is 2. The van der Waals surface area contributed by atoms with Crippen LogP contribution >= 0.6 is 0 Å². The number of ether oxygens (including phenoxy) is 1. The monoisotopic (exact) mass is 509 g/mol. The first-order valence-corrected chi connectivity index (χ1v) is 12.2. The molecule has 38 heavy (non-hydrogen) atoms. The first-order chi connectivity index (χ1) is 18.4. The van der Waals surface area contributed by atoms with E-state index < -0.39 is 28.8 Å². The number of carbonyl (C=O) groups excluding carboxylic acids is 1. The Labute approximate surface area is 216 Å². The lowest BCUT2D eigenvalue weighted by Crippen LogP contribution is -2.26. The first-order valence-electron chi connectivity index (χ1n) is 12.2. The summed E-state index contributed by atoms with van der Waals surface area (Å²) in [5, 5.41) is 22.4. The number of nitrogens with zero attached hydrogens (tertiary/aromatic N) is 1. The summed E-state index contributed by atoms with van der Waals surface area (Å²) in [6.45, 7) is 0.489. The van der Waals surface area contributed by atoms with Crippen LogP contribution in [0.15, 0.2) is 80.7 Å². The Balaban J connectivity index is 1.69. The summed E-state index contributed by atoms with van der Waals surface area (Å²) in [6.07, 6.45) is 0.407. The van der Waals surface area contributed by atoms with E-state index in [0.717, 1.165) is 22.5 Å². The van der Waals surface area contributed by atoms with Crippen molar-refractivity contribution in [1.29, 1.82) is 0 Å². The van der Waals surface area contributed by atoms with Crippen LogP contribution in [-0.2, 0) is 22.5 Å². The molecule has 0 fully saturated rings. The summed E-state index contributed by atoms with van der Waals surface area (Å²) in [6, 6.07) is 18.7. The minimum atomic E-state index is -1.02. The van der Waals surface area contributed by atoms with Crippen LogP contribution in [0.4, 0.5) is 0 Å². The molecule has 190 valence electrons. The number of methoxy groups -OCH3 is 1. The van der Waals surface area contributed by atoms with Gasteiger partial charge in [0.1, 0.15) is 28.2 Å². The van der Waals surface area contributed by atoms with E-state index in [1.165, 1.54) is 13.2 Å². The smallest absolute Gasteiger partial charge is 0.306 e. The van der Waals surface area contributed by atoms with Gasteiger partial charge in [0, 0.05) is 41.3 Å². The van der Waals surface area contributed by atoms with E-state index in [0.29, 0.717) is 18.5 Å². The average molecular weight is 510 g/mol. The molecule has 6 rings (SSSR count). The van der Waals surface area contributed by atoms with Crippen LogP contribution in [0.1, 0.15) is 29.0 Å². The van der Waals surface area contributed by atoms with Gasteiger partial charge in [-0.05, 0) is 23.4 Å². The number of carbonyl (C=O) groups is 1. The van der Waals surface area contributed by atoms with E-state index in [4.69, 9.17) is 9.15 Å². The Morgan fingerprint density at radius 1 is 1.03 bits per heavy atom. The van der Waals surface area contributed by atoms with Gasteiger partial charge in [0.05, 0.1) is 19.0 Å². The molecule has 2 aromatic heterocycles. The molecule has 8 heteroatoms. The minimum absolute atomic E-state index is 0.0523. The van der Waals surface area contributed by atoms with Gasteiger partial charge in [-0.15, -0.1) is 0 Å². The molecule has 0 aliphatic carbocycles. The van der Waals surface area contributed by atoms with Gasteiger partial charge in [-0.25, -0.2) is 0 Å². The van der Waals surface area contributed by atoms with Crippen LogP contribution < -0.4 is 11.0 Å². The highest BCUT2D eigenvalue weighted by Gasteiger charge is 2.31. The van der Waals surface area contributed by atoms with Crippen molar-refractivity contribution in [1.82, 2.24) is 4.57 Å². The third-order valence-electron chi connectivity index (χ3n) is 7.21. The molecular weight excluding hydrogens is 486 g/mol. The van der Waals surface area contributed by atoms with Crippen molar-refractivity contribution >= 4 is 27.8 Å². The first kappa shape index (κ1) is 23.5. The van der Waals surface area contributed by atoms with Crippen LogP contribution in [0.3, 0.4) is 0 Å². The van der Waals surface area contributed by atoms with Gasteiger partial charge in [-0.2, -0.15) is 0 Å². The Kier molecular flexibility index (Phi) is 5.52. The number of rotatable bonds is 5. The van der Waals surface area contributed by atoms with E-state index in [9.17, 15) is 24.6 Å². The maximum atomic E-state index is 13.8. The molecule has 5 aromatic rings. The zero-order valence-electron chi connectivity index (χ0n) is 20.4. The lowest BCUT2D eigenvalue weighted by molar-refractivity contribution is -0.140. The molecule has 8 nitrogen and oxygen atoms in total. The van der Waals surface area contributed by atoms with Crippen molar-refractivity contribution < 1.29 is 24.2 Å². The second-order valence-corrected chi connectivity index (χ2v) is 9.37. The molecule has 0 spiro atoms. The molecule has 1 aliphatic heterocycles. The second kappa shape index (κ2) is 8.92. The molecule has 3 aromatic carbocycles. The summed E-state index contributed by atoms with van der Waals surface area (Å²) >= 11 is 0. The molecule has 1 aliphatic rings. The topological polar surface area (TPSA) is 119 Å². The van der Waals surface area contributed by atoms with Crippen molar-refractivity contribution in [2.45, 2.75) is 25.3 Å². The minimum Gasteiger partial charge on any atom is -0.507 e. The molecule has 3 heterocycles. The van der Waals surface area contributed by atoms with E-state index in [1.54, 1.807) is 34.9 Å². The SMILES string of the molecule is COC(=O)CC(c1cc2cccc3c2n(c1=O)CC3)c1c(O)cc(O)c2c(=O)cc(-c3ccccc3)oc12. The van der Waals surface area contributed by atoms with Crippen LogP contribution in [0.5, 0.6) is 11.5 Å². The number of pyridine rings is 1. The number of aromatic hydroxyl groups is 2. The standard InChI is InChI=1S/C30H23NO7/c1-37-25(35)13-19(20-12-18-9-5-8-17-10-11-31(28(17)18)30(20)36)26-21(32)14-22(33)27-23(34)15-24(38-29(26)27)16-6-3-2-4-7-16/h2-9,12,14-15,19,32-33H,10-11,13H2,1H3. The number of aromatic nitrogens is 1. The molecular formula is C30H23NO7. The highest BCUT2D eigenvalue weighted by Crippen LogP contribution is 2.43. The maximum absolute atomic E-state index is 13.8. The second-order valence-electron chi connectivity index (χ2n) is 9.37. The van der Waals surface area contributed by atoms with E-state index in [-0.39, 0.29) is 39.8 Å². The van der Waals surface area contributed by atoms with E-state index >= 15 is 0 Å². The van der Waals surface area contributed by atoms with Crippen molar-refractivity contribution in [3.8, 4) is 22.8 Å². The van der Waals surface area contributed by atoms with Crippen molar-refractivity contribution in [2.24, 2.45) is 0 Å². The number of esters is 1. The van der Waals surface area contributed by atoms with Crippen molar-refractivity contribution in [3.63, 3.8) is 0 Å². The quantitative estimate of drug-likeness (QED) is 0.336. The lowest BCUT2D eigenvalue weighted by Gasteiger charge is -2.21. The summed E-state index contributed by atoms with van der Waals surface area (Å²) in [5.74, 6) is -2.31. The predicted octanol–water partition coefficient (Wildman–Crippen LogP) is 4.44. The third-order valence-corrected chi connectivity index (χ3v) is 7.21.